The van der Waals surface area contributed by atoms with Crippen molar-refractivity contribution in [2.45, 2.75) is 26.4 Å². The smallest absolute Gasteiger partial charge is 0.358 e. The molecule has 1 rings (SSSR count). The molecule has 0 amide bonds. The van der Waals surface area contributed by atoms with E-state index in [1.807, 2.05) is 20.8 Å². The summed E-state index contributed by atoms with van der Waals surface area (Å²) in [6.45, 7) is 5.44. The molecule has 0 saturated carbocycles. The Morgan fingerprint density at radius 3 is 2.62 bits per heavy atom. The van der Waals surface area contributed by atoms with E-state index in [9.17, 15) is 4.79 Å². The average molecular weight is 247 g/mol. The van der Waals surface area contributed by atoms with Gasteiger partial charge in [-0.2, -0.15) is 5.10 Å². The molecule has 0 radical (unpaired) electrons. The van der Waals surface area contributed by atoms with Crippen LogP contribution in [0, 0.1) is 0 Å². The largest absolute Gasteiger partial charge is 0.455 e. The van der Waals surface area contributed by atoms with Gasteiger partial charge in [-0.25, -0.2) is 4.79 Å². The van der Waals surface area contributed by atoms with E-state index in [2.05, 4.69) is 26.1 Å². The summed E-state index contributed by atoms with van der Waals surface area (Å²) in [7, 11) is 0. The minimum absolute atomic E-state index is 0.343. The Hall–Kier alpha value is -0.840. The standard InChI is InChI=1S/C8H11BrN2O2/c1-8(2,3)13-7(12)6-5(9)4-10-11-6/h4H,1-3H3,(H,10,11). The van der Waals surface area contributed by atoms with Gasteiger partial charge in [-0.05, 0) is 36.7 Å². The summed E-state index contributed by atoms with van der Waals surface area (Å²) in [5, 5.41) is 6.26. The predicted octanol–water partition coefficient (Wildman–Crippen LogP) is 2.13. The molecule has 0 fully saturated rings. The lowest BCUT2D eigenvalue weighted by Crippen LogP contribution is -2.24. The van der Waals surface area contributed by atoms with Crippen LogP contribution in [0.25, 0.3) is 0 Å². The van der Waals surface area contributed by atoms with Crippen LogP contribution in [0.5, 0.6) is 0 Å². The van der Waals surface area contributed by atoms with E-state index in [-0.39, 0.29) is 0 Å². The molecule has 0 aliphatic heterocycles. The number of nitrogens with one attached hydrogen (secondary N) is 1. The Morgan fingerprint density at radius 1 is 1.62 bits per heavy atom. The van der Waals surface area contributed by atoms with Crippen LogP contribution in [0.1, 0.15) is 31.3 Å². The highest BCUT2D eigenvalue weighted by atomic mass is 79.9. The fourth-order valence-corrected chi connectivity index (χ4v) is 1.10. The molecule has 4 nitrogen and oxygen atoms in total. The van der Waals surface area contributed by atoms with Crippen LogP contribution in [-0.2, 0) is 4.74 Å². The fourth-order valence-electron chi connectivity index (χ4n) is 0.744. The van der Waals surface area contributed by atoms with Gasteiger partial charge in [0.15, 0.2) is 5.69 Å². The van der Waals surface area contributed by atoms with E-state index >= 15 is 0 Å². The maximum atomic E-state index is 11.4. The maximum Gasteiger partial charge on any atom is 0.358 e. The molecule has 1 N–H and O–H groups in total. The summed E-state index contributed by atoms with van der Waals surface area (Å²) in [6, 6.07) is 0. The molecule has 0 saturated heterocycles. The molecular formula is C8H11BrN2O2. The molecule has 1 aromatic heterocycles. The summed E-state index contributed by atoms with van der Waals surface area (Å²) in [5.41, 5.74) is -0.142. The number of aromatic nitrogens is 2. The molecule has 0 spiro atoms. The van der Waals surface area contributed by atoms with Gasteiger partial charge in [0.25, 0.3) is 0 Å². The van der Waals surface area contributed by atoms with E-state index in [0.717, 1.165) is 0 Å². The first-order valence-corrected chi connectivity index (χ1v) is 4.61. The maximum absolute atomic E-state index is 11.4. The van der Waals surface area contributed by atoms with Gasteiger partial charge < -0.3 is 4.74 Å². The topological polar surface area (TPSA) is 55.0 Å². The number of halogens is 1. The molecule has 1 heterocycles. The van der Waals surface area contributed by atoms with Gasteiger partial charge in [0.05, 0.1) is 10.7 Å². The Kier molecular flexibility index (Phi) is 2.75. The molecule has 0 aliphatic rings. The van der Waals surface area contributed by atoms with E-state index in [1.165, 1.54) is 6.20 Å². The molecule has 5 heteroatoms. The number of nitrogens with zero attached hydrogens (tertiary/aromatic N) is 1. The zero-order chi connectivity index (χ0) is 10.1. The Morgan fingerprint density at radius 2 is 2.23 bits per heavy atom. The third-order valence-electron chi connectivity index (χ3n) is 1.20. The number of esters is 1. The van der Waals surface area contributed by atoms with Gasteiger partial charge in [-0.15, -0.1) is 0 Å². The lowest BCUT2D eigenvalue weighted by Gasteiger charge is -2.18. The molecule has 0 unspecified atom stereocenters. The summed E-state index contributed by atoms with van der Waals surface area (Å²) in [5.74, 6) is -0.406. The van der Waals surface area contributed by atoms with Gasteiger partial charge in [0.2, 0.25) is 0 Å². The molecule has 0 bridgehead atoms. The normalized spacial score (nSPS) is 11.4. The third kappa shape index (κ3) is 2.84. The lowest BCUT2D eigenvalue weighted by molar-refractivity contribution is 0.00618. The number of hydrogen-bond acceptors (Lipinski definition) is 3. The van der Waals surface area contributed by atoms with Gasteiger partial charge in [-0.1, -0.05) is 0 Å². The van der Waals surface area contributed by atoms with Crippen molar-refractivity contribution in [1.29, 1.82) is 0 Å². The third-order valence-corrected chi connectivity index (χ3v) is 1.80. The van der Waals surface area contributed by atoms with Crippen molar-refractivity contribution in [3.05, 3.63) is 16.4 Å². The predicted molar refractivity (Wildman–Crippen MR) is 51.5 cm³/mol. The fraction of sp³-hybridized carbons (Fsp3) is 0.500. The van der Waals surface area contributed by atoms with E-state index in [0.29, 0.717) is 10.2 Å². The van der Waals surface area contributed by atoms with E-state index in [1.54, 1.807) is 0 Å². The van der Waals surface area contributed by atoms with Crippen molar-refractivity contribution in [2.75, 3.05) is 0 Å². The van der Waals surface area contributed by atoms with E-state index in [4.69, 9.17) is 4.74 Å². The van der Waals surface area contributed by atoms with Crippen molar-refractivity contribution in [1.82, 2.24) is 10.2 Å². The molecular weight excluding hydrogens is 236 g/mol. The monoisotopic (exact) mass is 246 g/mol. The van der Waals surface area contributed by atoms with Crippen LogP contribution in [0.4, 0.5) is 0 Å². The van der Waals surface area contributed by atoms with Crippen LogP contribution >= 0.6 is 15.9 Å². The lowest BCUT2D eigenvalue weighted by atomic mass is 10.2. The molecule has 13 heavy (non-hydrogen) atoms. The van der Waals surface area contributed by atoms with Crippen LogP contribution in [0.15, 0.2) is 10.7 Å². The quantitative estimate of drug-likeness (QED) is 0.773. The van der Waals surface area contributed by atoms with Crippen molar-refractivity contribution in [3.63, 3.8) is 0 Å². The number of H-pyrrole nitrogens is 1. The van der Waals surface area contributed by atoms with Gasteiger partial charge in [0.1, 0.15) is 5.60 Å². The summed E-state index contributed by atoms with van der Waals surface area (Å²) in [6.07, 6.45) is 1.51. The Labute approximate surface area is 84.8 Å². The highest BCUT2D eigenvalue weighted by Crippen LogP contribution is 2.17. The van der Waals surface area contributed by atoms with Gasteiger partial charge in [0, 0.05) is 0 Å². The Balaban J connectivity index is 2.76. The number of ether oxygens (including phenoxy) is 1. The second-order valence-electron chi connectivity index (χ2n) is 3.59. The molecule has 0 aromatic carbocycles. The second kappa shape index (κ2) is 3.49. The molecule has 0 aliphatic carbocycles. The zero-order valence-electron chi connectivity index (χ0n) is 7.72. The summed E-state index contributed by atoms with van der Waals surface area (Å²) in [4.78, 5) is 11.4. The minimum atomic E-state index is -0.484. The van der Waals surface area contributed by atoms with Crippen molar-refractivity contribution in [2.24, 2.45) is 0 Å². The number of carbonyl (C=O) groups is 1. The van der Waals surface area contributed by atoms with Crippen LogP contribution in [-0.4, -0.2) is 21.8 Å². The van der Waals surface area contributed by atoms with Crippen molar-refractivity contribution < 1.29 is 9.53 Å². The number of carbonyl (C=O) groups excluding carboxylic acids is 1. The van der Waals surface area contributed by atoms with Crippen LogP contribution < -0.4 is 0 Å². The van der Waals surface area contributed by atoms with Crippen molar-refractivity contribution in [3.8, 4) is 0 Å². The van der Waals surface area contributed by atoms with Crippen LogP contribution in [0.2, 0.25) is 0 Å². The number of aromatic amines is 1. The molecule has 0 atom stereocenters. The zero-order valence-corrected chi connectivity index (χ0v) is 9.31. The summed E-state index contributed by atoms with van der Waals surface area (Å²) < 4.78 is 5.74. The molecule has 72 valence electrons. The second-order valence-corrected chi connectivity index (χ2v) is 4.45. The number of hydrogen-bond donors (Lipinski definition) is 1. The first-order valence-electron chi connectivity index (χ1n) is 3.82. The van der Waals surface area contributed by atoms with Crippen molar-refractivity contribution >= 4 is 21.9 Å². The molecule has 1 aromatic rings. The number of rotatable bonds is 1. The Bertz CT molecular complexity index is 314. The van der Waals surface area contributed by atoms with E-state index < -0.39 is 11.6 Å². The van der Waals surface area contributed by atoms with Crippen LogP contribution in [0.3, 0.4) is 0 Å². The average Bonchev–Trinajstić information content (AvgIpc) is 2.30. The summed E-state index contributed by atoms with van der Waals surface area (Å²) >= 11 is 3.18. The van der Waals surface area contributed by atoms with Gasteiger partial charge in [-0.3, -0.25) is 5.10 Å². The first kappa shape index (κ1) is 10.2. The minimum Gasteiger partial charge on any atom is -0.455 e. The van der Waals surface area contributed by atoms with Gasteiger partial charge >= 0.3 is 5.97 Å². The highest BCUT2D eigenvalue weighted by molar-refractivity contribution is 9.10. The SMILES string of the molecule is CC(C)(C)OC(=O)c1[nH]ncc1Br. The highest BCUT2D eigenvalue weighted by Gasteiger charge is 2.20. The first-order chi connectivity index (χ1) is 5.90.